The van der Waals surface area contributed by atoms with Crippen molar-refractivity contribution in [1.29, 1.82) is 0 Å². The maximum absolute atomic E-state index is 12.1. The number of aromatic nitrogens is 2. The number of nitrogens with one attached hydrogen (secondary N) is 2. The molecule has 0 spiro atoms. The summed E-state index contributed by atoms with van der Waals surface area (Å²) >= 11 is 0. The minimum absolute atomic E-state index is 0.114. The molecule has 0 radical (unpaired) electrons. The van der Waals surface area contributed by atoms with Gasteiger partial charge in [-0.25, -0.2) is 19.6 Å². The summed E-state index contributed by atoms with van der Waals surface area (Å²) in [7, 11) is 0. The summed E-state index contributed by atoms with van der Waals surface area (Å²) in [5.41, 5.74) is 2.60. The SMILES string of the molecule is Cc1ccc2nc(NC(=O)NC(Cc3ccccc3)C(=O)O)ncc2c1. The quantitative estimate of drug-likeness (QED) is 0.656. The Bertz CT molecular complexity index is 944. The van der Waals surface area contributed by atoms with Crippen LogP contribution in [0.25, 0.3) is 10.9 Å². The lowest BCUT2D eigenvalue weighted by atomic mass is 10.1. The van der Waals surface area contributed by atoms with E-state index in [0.717, 1.165) is 16.5 Å². The first-order valence-corrected chi connectivity index (χ1v) is 8.09. The van der Waals surface area contributed by atoms with Crippen molar-refractivity contribution < 1.29 is 14.7 Å². The number of fused-ring (bicyclic) bond motifs is 1. The van der Waals surface area contributed by atoms with E-state index < -0.39 is 18.0 Å². The Balaban J connectivity index is 1.68. The highest BCUT2D eigenvalue weighted by atomic mass is 16.4. The zero-order valence-electron chi connectivity index (χ0n) is 14.1. The number of aryl methyl sites for hydroxylation is 1. The minimum Gasteiger partial charge on any atom is -0.480 e. The van der Waals surface area contributed by atoms with Crippen molar-refractivity contribution in [3.8, 4) is 0 Å². The largest absolute Gasteiger partial charge is 0.480 e. The summed E-state index contributed by atoms with van der Waals surface area (Å²) in [4.78, 5) is 31.9. The van der Waals surface area contributed by atoms with Crippen LogP contribution in [-0.4, -0.2) is 33.1 Å². The minimum atomic E-state index is -1.11. The molecule has 1 heterocycles. The van der Waals surface area contributed by atoms with Crippen molar-refractivity contribution in [2.24, 2.45) is 0 Å². The van der Waals surface area contributed by atoms with Crippen LogP contribution < -0.4 is 10.6 Å². The molecule has 1 unspecified atom stereocenters. The molecular formula is C19H18N4O3. The van der Waals surface area contributed by atoms with Gasteiger partial charge >= 0.3 is 12.0 Å². The second-order valence-electron chi connectivity index (χ2n) is 5.93. The summed E-state index contributed by atoms with van der Waals surface area (Å²) in [5, 5.41) is 15.1. The van der Waals surface area contributed by atoms with Gasteiger partial charge in [0.2, 0.25) is 5.95 Å². The van der Waals surface area contributed by atoms with Crippen molar-refractivity contribution in [2.45, 2.75) is 19.4 Å². The van der Waals surface area contributed by atoms with E-state index in [2.05, 4.69) is 20.6 Å². The molecular weight excluding hydrogens is 332 g/mol. The molecule has 0 aliphatic carbocycles. The summed E-state index contributed by atoms with van der Waals surface area (Å²) in [6.07, 6.45) is 1.80. The molecule has 1 atom stereocenters. The van der Waals surface area contributed by atoms with E-state index in [1.807, 2.05) is 55.5 Å². The highest BCUT2D eigenvalue weighted by molar-refractivity contribution is 5.91. The van der Waals surface area contributed by atoms with Crippen LogP contribution in [-0.2, 0) is 11.2 Å². The van der Waals surface area contributed by atoms with E-state index >= 15 is 0 Å². The van der Waals surface area contributed by atoms with Crippen LogP contribution in [0.2, 0.25) is 0 Å². The third-order valence-corrected chi connectivity index (χ3v) is 3.85. The number of anilines is 1. The van der Waals surface area contributed by atoms with Gasteiger partial charge in [-0.05, 0) is 24.6 Å². The van der Waals surface area contributed by atoms with Gasteiger partial charge in [-0.15, -0.1) is 0 Å². The van der Waals surface area contributed by atoms with E-state index in [0.29, 0.717) is 5.52 Å². The Labute approximate surface area is 150 Å². The van der Waals surface area contributed by atoms with E-state index in [4.69, 9.17) is 0 Å². The fourth-order valence-electron chi connectivity index (χ4n) is 2.56. The van der Waals surface area contributed by atoms with Crippen LogP contribution in [0, 0.1) is 6.92 Å². The highest BCUT2D eigenvalue weighted by Crippen LogP contribution is 2.14. The molecule has 0 fully saturated rings. The van der Waals surface area contributed by atoms with Crippen LogP contribution in [0.15, 0.2) is 54.7 Å². The highest BCUT2D eigenvalue weighted by Gasteiger charge is 2.20. The second kappa shape index (κ2) is 7.60. The van der Waals surface area contributed by atoms with Crippen LogP contribution >= 0.6 is 0 Å². The zero-order valence-corrected chi connectivity index (χ0v) is 14.1. The Kier molecular flexibility index (Phi) is 5.07. The Morgan fingerprint density at radius 1 is 1.15 bits per heavy atom. The molecule has 2 aromatic carbocycles. The lowest BCUT2D eigenvalue weighted by Crippen LogP contribution is -2.44. The maximum Gasteiger partial charge on any atom is 0.326 e. The van der Waals surface area contributed by atoms with E-state index in [1.165, 1.54) is 0 Å². The maximum atomic E-state index is 12.1. The first-order valence-electron chi connectivity index (χ1n) is 8.09. The lowest BCUT2D eigenvalue weighted by molar-refractivity contribution is -0.139. The average Bonchev–Trinajstić information content (AvgIpc) is 2.62. The number of hydrogen-bond donors (Lipinski definition) is 3. The van der Waals surface area contributed by atoms with Gasteiger partial charge in [0.1, 0.15) is 6.04 Å². The first-order chi connectivity index (χ1) is 12.5. The van der Waals surface area contributed by atoms with E-state index in [1.54, 1.807) is 6.20 Å². The van der Waals surface area contributed by atoms with Gasteiger partial charge in [-0.1, -0.05) is 42.0 Å². The molecule has 0 saturated heterocycles. The number of amides is 2. The van der Waals surface area contributed by atoms with Crippen LogP contribution in [0.3, 0.4) is 0 Å². The Hall–Kier alpha value is -3.48. The predicted molar refractivity (Wildman–Crippen MR) is 98.0 cm³/mol. The molecule has 7 nitrogen and oxygen atoms in total. The molecule has 1 aromatic heterocycles. The van der Waals surface area contributed by atoms with Gasteiger partial charge in [-0.2, -0.15) is 0 Å². The van der Waals surface area contributed by atoms with E-state index in [-0.39, 0.29) is 12.4 Å². The number of aliphatic carboxylic acids is 1. The summed E-state index contributed by atoms with van der Waals surface area (Å²) in [5.74, 6) is -0.999. The normalized spacial score (nSPS) is 11.7. The molecule has 3 N–H and O–H groups in total. The Morgan fingerprint density at radius 2 is 1.92 bits per heavy atom. The number of carboxylic acids is 1. The Morgan fingerprint density at radius 3 is 2.65 bits per heavy atom. The molecule has 0 aliphatic rings. The van der Waals surface area contributed by atoms with Crippen LogP contribution in [0.5, 0.6) is 0 Å². The third-order valence-electron chi connectivity index (χ3n) is 3.85. The van der Waals surface area contributed by atoms with Crippen LogP contribution in [0.1, 0.15) is 11.1 Å². The number of benzene rings is 2. The number of carbonyl (C=O) groups is 2. The average molecular weight is 350 g/mol. The number of nitrogens with zero attached hydrogens (tertiary/aromatic N) is 2. The number of rotatable bonds is 5. The van der Waals surface area contributed by atoms with Gasteiger partial charge in [0.15, 0.2) is 0 Å². The van der Waals surface area contributed by atoms with Gasteiger partial charge in [0.05, 0.1) is 5.52 Å². The fraction of sp³-hybridized carbons (Fsp3) is 0.158. The number of carbonyl (C=O) groups excluding carboxylic acids is 1. The molecule has 0 saturated carbocycles. The molecule has 7 heteroatoms. The van der Waals surface area contributed by atoms with Gasteiger partial charge in [0, 0.05) is 18.0 Å². The topological polar surface area (TPSA) is 104 Å². The summed E-state index contributed by atoms with van der Waals surface area (Å²) in [6.45, 7) is 1.97. The molecule has 26 heavy (non-hydrogen) atoms. The zero-order chi connectivity index (χ0) is 18.5. The predicted octanol–water partition coefficient (Wildman–Crippen LogP) is 2.76. The molecule has 2 amide bonds. The number of urea groups is 1. The fourth-order valence-corrected chi connectivity index (χ4v) is 2.56. The van der Waals surface area contributed by atoms with Gasteiger partial charge in [0.25, 0.3) is 0 Å². The molecule has 132 valence electrons. The lowest BCUT2D eigenvalue weighted by Gasteiger charge is -2.15. The van der Waals surface area contributed by atoms with E-state index in [9.17, 15) is 14.7 Å². The van der Waals surface area contributed by atoms with Crippen molar-refractivity contribution in [3.63, 3.8) is 0 Å². The molecule has 3 rings (SSSR count). The summed E-state index contributed by atoms with van der Waals surface area (Å²) in [6, 6.07) is 13.1. The standard InChI is InChI=1S/C19H18N4O3/c1-12-7-8-15-14(9-12)11-20-18(21-15)23-19(26)22-16(17(24)25)10-13-5-3-2-4-6-13/h2-9,11,16H,10H2,1H3,(H,24,25)(H2,20,21,22,23,26). The monoisotopic (exact) mass is 350 g/mol. The smallest absolute Gasteiger partial charge is 0.326 e. The van der Waals surface area contributed by atoms with Gasteiger partial charge < -0.3 is 10.4 Å². The van der Waals surface area contributed by atoms with Crippen LogP contribution in [0.4, 0.5) is 10.7 Å². The first kappa shape index (κ1) is 17.3. The van der Waals surface area contributed by atoms with Crippen molar-refractivity contribution in [2.75, 3.05) is 5.32 Å². The number of hydrogen-bond acceptors (Lipinski definition) is 4. The second-order valence-corrected chi connectivity index (χ2v) is 5.93. The number of carboxylic acid groups (broad SMARTS) is 1. The van der Waals surface area contributed by atoms with Gasteiger partial charge in [-0.3, -0.25) is 5.32 Å². The summed E-state index contributed by atoms with van der Waals surface area (Å²) < 4.78 is 0. The van der Waals surface area contributed by atoms with Crippen molar-refractivity contribution in [1.82, 2.24) is 15.3 Å². The van der Waals surface area contributed by atoms with Crippen molar-refractivity contribution in [3.05, 3.63) is 65.9 Å². The molecule has 3 aromatic rings. The van der Waals surface area contributed by atoms with Crippen molar-refractivity contribution >= 4 is 28.9 Å². The molecule has 0 aliphatic heterocycles. The third kappa shape index (κ3) is 4.32. The molecule has 0 bridgehead atoms.